The Morgan fingerprint density at radius 1 is 1.02 bits per heavy atom. The number of amides is 1. The fourth-order valence-corrected chi connectivity index (χ4v) is 6.90. The Morgan fingerprint density at radius 2 is 1.80 bits per heavy atom. The van der Waals surface area contributed by atoms with E-state index in [0.29, 0.717) is 30.2 Å². The summed E-state index contributed by atoms with van der Waals surface area (Å²) in [5, 5.41) is 7.76. The van der Waals surface area contributed by atoms with Crippen molar-refractivity contribution >= 4 is 23.1 Å². The Hall–Kier alpha value is -3.23. The second kappa shape index (κ2) is 13.0. The molecule has 2 N–H and O–H groups in total. The van der Waals surface area contributed by atoms with Crippen LogP contribution in [0.4, 0.5) is 4.39 Å². The first-order chi connectivity index (χ1) is 21.2. The highest BCUT2D eigenvalue weighted by molar-refractivity contribution is 6.32. The van der Waals surface area contributed by atoms with E-state index < -0.39 is 0 Å². The summed E-state index contributed by atoms with van der Waals surface area (Å²) in [5.41, 5.74) is 7.85. The van der Waals surface area contributed by atoms with Gasteiger partial charge in [-0.2, -0.15) is 0 Å². The summed E-state index contributed by atoms with van der Waals surface area (Å²) in [4.78, 5) is 18.7. The number of piperazine rings is 1. The molecule has 6 rings (SSSR count). The molecule has 2 fully saturated rings. The van der Waals surface area contributed by atoms with Crippen molar-refractivity contribution in [1.82, 2.24) is 20.4 Å². The second-order valence-corrected chi connectivity index (χ2v) is 13.0. The monoisotopic (exact) mass is 616 g/mol. The molecule has 0 spiro atoms. The van der Waals surface area contributed by atoms with Crippen LogP contribution in [0.2, 0.25) is 5.02 Å². The molecule has 0 aromatic heterocycles. The number of ether oxygens (including phenoxy) is 1. The van der Waals surface area contributed by atoms with Gasteiger partial charge in [0.15, 0.2) is 0 Å². The van der Waals surface area contributed by atoms with Crippen molar-refractivity contribution in [3.63, 3.8) is 0 Å². The molecule has 6 nitrogen and oxygen atoms in total. The van der Waals surface area contributed by atoms with Crippen molar-refractivity contribution in [3.05, 3.63) is 104 Å². The molecule has 1 amide bonds. The predicted octanol–water partition coefficient (Wildman–Crippen LogP) is 6.02. The van der Waals surface area contributed by atoms with Gasteiger partial charge in [-0.05, 0) is 85.7 Å². The fourth-order valence-electron chi connectivity index (χ4n) is 6.69. The third-order valence-corrected chi connectivity index (χ3v) is 9.82. The van der Waals surface area contributed by atoms with Gasteiger partial charge >= 0.3 is 0 Å². The standard InChI is InChI=1S/C36H42ClFN4O2/c1-22-8-15-31(38)30(35(22)37)21-41(3)19-24-9-11-25(12-10-24)29-16-27-17-39-18-32(40-27)34(29)36(43)42(28-13-14-28)20-26-6-5-7-33(44-4)23(26)2/h5-12,15,27-28,32,39-40H,13-14,16-21H2,1-4H3/t27-,32+/m0/s1. The van der Waals surface area contributed by atoms with Crippen LogP contribution in [-0.2, 0) is 24.4 Å². The third kappa shape index (κ3) is 6.43. The highest BCUT2D eigenvalue weighted by Crippen LogP contribution is 2.37. The van der Waals surface area contributed by atoms with Gasteiger partial charge in [0.2, 0.25) is 0 Å². The van der Waals surface area contributed by atoms with Crippen LogP contribution >= 0.6 is 11.6 Å². The molecule has 1 aliphatic carbocycles. The Morgan fingerprint density at radius 3 is 2.52 bits per heavy atom. The van der Waals surface area contributed by atoms with Crippen LogP contribution in [-0.4, -0.2) is 61.1 Å². The Balaban J connectivity index is 1.26. The van der Waals surface area contributed by atoms with E-state index >= 15 is 0 Å². The van der Waals surface area contributed by atoms with E-state index in [2.05, 4.69) is 57.7 Å². The van der Waals surface area contributed by atoms with Crippen molar-refractivity contribution in [3.8, 4) is 5.75 Å². The van der Waals surface area contributed by atoms with Crippen LogP contribution in [0.3, 0.4) is 0 Å². The second-order valence-electron chi connectivity index (χ2n) is 12.6. The average molecular weight is 617 g/mol. The zero-order valence-corrected chi connectivity index (χ0v) is 26.8. The molecule has 3 aromatic rings. The molecule has 1 saturated heterocycles. The highest BCUT2D eigenvalue weighted by Gasteiger charge is 2.41. The third-order valence-electron chi connectivity index (χ3n) is 9.30. The van der Waals surface area contributed by atoms with Gasteiger partial charge in [0, 0.05) is 55.9 Å². The molecule has 2 aliphatic heterocycles. The number of hydrogen-bond acceptors (Lipinski definition) is 5. The molecule has 0 unspecified atom stereocenters. The van der Waals surface area contributed by atoms with Gasteiger partial charge < -0.3 is 20.3 Å². The van der Waals surface area contributed by atoms with E-state index in [1.165, 1.54) is 6.07 Å². The molecule has 232 valence electrons. The fraction of sp³-hybridized carbons (Fsp3) is 0.417. The van der Waals surface area contributed by atoms with Crippen molar-refractivity contribution in [2.45, 2.75) is 70.9 Å². The average Bonchev–Trinajstić information content (AvgIpc) is 3.86. The lowest BCUT2D eigenvalue weighted by Gasteiger charge is -2.41. The molecule has 2 heterocycles. The predicted molar refractivity (Wildman–Crippen MR) is 174 cm³/mol. The summed E-state index contributed by atoms with van der Waals surface area (Å²) in [6, 6.07) is 18.3. The number of nitrogens with zero attached hydrogens (tertiary/aromatic N) is 2. The zero-order valence-electron chi connectivity index (χ0n) is 26.1. The Labute approximate surface area is 265 Å². The molecule has 2 atom stereocenters. The van der Waals surface area contributed by atoms with E-state index in [1.807, 2.05) is 26.1 Å². The summed E-state index contributed by atoms with van der Waals surface area (Å²) < 4.78 is 20.1. The maximum atomic E-state index is 14.5. The van der Waals surface area contributed by atoms with Gasteiger partial charge in [-0.3, -0.25) is 9.69 Å². The van der Waals surface area contributed by atoms with Gasteiger partial charge in [0.1, 0.15) is 11.6 Å². The summed E-state index contributed by atoms with van der Waals surface area (Å²) >= 11 is 6.43. The van der Waals surface area contributed by atoms with Crippen LogP contribution in [0.15, 0.2) is 60.2 Å². The summed E-state index contributed by atoms with van der Waals surface area (Å²) in [7, 11) is 3.67. The van der Waals surface area contributed by atoms with E-state index in [1.54, 1.807) is 13.2 Å². The highest BCUT2D eigenvalue weighted by atomic mass is 35.5. The van der Waals surface area contributed by atoms with Gasteiger partial charge in [-0.15, -0.1) is 0 Å². The number of halogens is 2. The summed E-state index contributed by atoms with van der Waals surface area (Å²) in [5.74, 6) is 0.701. The smallest absolute Gasteiger partial charge is 0.252 e. The molecule has 2 bridgehead atoms. The van der Waals surface area contributed by atoms with Gasteiger partial charge in [-0.25, -0.2) is 4.39 Å². The quantitative estimate of drug-likeness (QED) is 0.292. The minimum atomic E-state index is -0.278. The number of fused-ring (bicyclic) bond motifs is 2. The van der Waals surface area contributed by atoms with Gasteiger partial charge in [0.05, 0.1) is 18.2 Å². The lowest BCUT2D eigenvalue weighted by molar-refractivity contribution is -0.128. The first kappa shape index (κ1) is 30.8. The molecular formula is C36H42ClFN4O2. The molecular weight excluding hydrogens is 575 g/mol. The maximum Gasteiger partial charge on any atom is 0.252 e. The van der Waals surface area contributed by atoms with Crippen LogP contribution in [0, 0.1) is 19.7 Å². The normalized spacial score (nSPS) is 19.8. The van der Waals surface area contributed by atoms with E-state index in [9.17, 15) is 9.18 Å². The molecule has 3 aromatic carbocycles. The number of rotatable bonds is 10. The minimum absolute atomic E-state index is 0.0301. The van der Waals surface area contributed by atoms with Crippen molar-refractivity contribution in [2.24, 2.45) is 0 Å². The largest absolute Gasteiger partial charge is 0.496 e. The number of aryl methyl sites for hydroxylation is 1. The summed E-state index contributed by atoms with van der Waals surface area (Å²) in [6.45, 7) is 7.23. The van der Waals surface area contributed by atoms with Crippen LogP contribution < -0.4 is 15.4 Å². The summed E-state index contributed by atoms with van der Waals surface area (Å²) in [6.07, 6.45) is 2.87. The number of carbonyl (C=O) groups excluding carboxylic acids is 1. The lowest BCUT2D eigenvalue weighted by atomic mass is 9.83. The van der Waals surface area contributed by atoms with Gasteiger partial charge in [-0.1, -0.05) is 54.1 Å². The maximum absolute atomic E-state index is 14.5. The SMILES string of the molecule is COc1cccc(CN(C(=O)C2=C(c3ccc(CN(C)Cc4c(F)ccc(C)c4Cl)cc3)C[C@H]3CNC[C@H]2N3)C2CC2)c1C. The van der Waals surface area contributed by atoms with E-state index in [-0.39, 0.29) is 29.8 Å². The van der Waals surface area contributed by atoms with Crippen LogP contribution in [0.1, 0.15) is 52.6 Å². The lowest BCUT2D eigenvalue weighted by Crippen LogP contribution is -2.60. The van der Waals surface area contributed by atoms with Crippen molar-refractivity contribution in [2.75, 3.05) is 27.2 Å². The molecule has 3 aliphatic rings. The molecule has 0 radical (unpaired) electrons. The molecule has 44 heavy (non-hydrogen) atoms. The van der Waals surface area contributed by atoms with Crippen molar-refractivity contribution < 1.29 is 13.9 Å². The molecule has 8 heteroatoms. The number of carbonyl (C=O) groups is 1. The van der Waals surface area contributed by atoms with Crippen molar-refractivity contribution in [1.29, 1.82) is 0 Å². The number of hydrogen-bond donors (Lipinski definition) is 2. The number of methoxy groups -OCH3 is 1. The Bertz CT molecular complexity index is 1570. The Kier molecular flexibility index (Phi) is 9.11. The zero-order chi connectivity index (χ0) is 31.0. The van der Waals surface area contributed by atoms with Gasteiger partial charge in [0.25, 0.3) is 5.91 Å². The first-order valence-electron chi connectivity index (χ1n) is 15.6. The topological polar surface area (TPSA) is 56.8 Å². The van der Waals surface area contributed by atoms with E-state index in [4.69, 9.17) is 16.3 Å². The molecule has 1 saturated carbocycles. The number of benzene rings is 3. The number of nitrogens with one attached hydrogen (secondary N) is 2. The van der Waals surface area contributed by atoms with Crippen LogP contribution in [0.25, 0.3) is 5.57 Å². The first-order valence-corrected chi connectivity index (χ1v) is 16.0. The van der Waals surface area contributed by atoms with Crippen LogP contribution in [0.5, 0.6) is 5.75 Å². The minimum Gasteiger partial charge on any atom is -0.496 e. The van der Waals surface area contributed by atoms with E-state index in [0.717, 1.165) is 77.1 Å².